The van der Waals surface area contributed by atoms with Crippen LogP contribution in [0, 0.1) is 5.92 Å². The highest BCUT2D eigenvalue weighted by atomic mass is 16.6. The first-order valence-corrected chi connectivity index (χ1v) is 6.29. The second-order valence-electron chi connectivity index (χ2n) is 4.94. The van der Waals surface area contributed by atoms with E-state index >= 15 is 0 Å². The molecule has 1 aliphatic rings. The van der Waals surface area contributed by atoms with E-state index < -0.39 is 6.10 Å². The Bertz CT molecular complexity index is 383. The summed E-state index contributed by atoms with van der Waals surface area (Å²) in [5.41, 5.74) is 0.969. The maximum absolute atomic E-state index is 11.9. The summed E-state index contributed by atoms with van der Waals surface area (Å²) in [5.74, 6) is 0.318. The molecule has 0 unspecified atom stereocenters. The van der Waals surface area contributed by atoms with E-state index in [2.05, 4.69) is 0 Å². The molecule has 4 nitrogen and oxygen atoms in total. The lowest BCUT2D eigenvalue weighted by atomic mass is 9.98. The Morgan fingerprint density at radius 3 is 2.78 bits per heavy atom. The quantitative estimate of drug-likeness (QED) is 0.872. The molecule has 1 saturated heterocycles. The third kappa shape index (κ3) is 3.47. The molecule has 1 amide bonds. The smallest absolute Gasteiger partial charge is 0.410 e. The van der Waals surface area contributed by atoms with Gasteiger partial charge >= 0.3 is 6.09 Å². The van der Waals surface area contributed by atoms with Crippen molar-refractivity contribution in [2.45, 2.75) is 26.1 Å². The summed E-state index contributed by atoms with van der Waals surface area (Å²) in [5, 5.41) is 9.63. The van der Waals surface area contributed by atoms with Crippen LogP contribution in [0.25, 0.3) is 0 Å². The van der Waals surface area contributed by atoms with Gasteiger partial charge in [-0.25, -0.2) is 4.79 Å². The number of rotatable bonds is 2. The Morgan fingerprint density at radius 1 is 1.39 bits per heavy atom. The minimum atomic E-state index is -0.432. The predicted octanol–water partition coefficient (Wildman–Crippen LogP) is 2.03. The van der Waals surface area contributed by atoms with Crippen molar-refractivity contribution >= 4 is 6.09 Å². The molecule has 1 aromatic carbocycles. The Hall–Kier alpha value is -1.55. The molecule has 0 spiro atoms. The zero-order valence-electron chi connectivity index (χ0n) is 10.6. The fourth-order valence-corrected chi connectivity index (χ4v) is 2.28. The number of nitrogens with zero attached hydrogens (tertiary/aromatic N) is 1. The molecule has 2 atom stereocenters. The highest BCUT2D eigenvalue weighted by molar-refractivity contribution is 5.67. The molecule has 1 heterocycles. The highest BCUT2D eigenvalue weighted by Gasteiger charge is 2.27. The lowest BCUT2D eigenvalue weighted by Crippen LogP contribution is -2.45. The molecule has 1 N–H and O–H groups in total. The van der Waals surface area contributed by atoms with Gasteiger partial charge < -0.3 is 14.7 Å². The van der Waals surface area contributed by atoms with E-state index in [9.17, 15) is 9.90 Å². The van der Waals surface area contributed by atoms with E-state index in [4.69, 9.17) is 4.74 Å². The Labute approximate surface area is 107 Å². The molecule has 18 heavy (non-hydrogen) atoms. The first kappa shape index (κ1) is 12.9. The van der Waals surface area contributed by atoms with Crippen molar-refractivity contribution in [2.24, 2.45) is 5.92 Å². The number of ether oxygens (including phenoxy) is 1. The summed E-state index contributed by atoms with van der Waals surface area (Å²) in [6, 6.07) is 9.59. The number of carbonyl (C=O) groups excluding carboxylic acids is 1. The van der Waals surface area contributed by atoms with E-state index in [1.54, 1.807) is 4.90 Å². The average molecular weight is 249 g/mol. The summed E-state index contributed by atoms with van der Waals surface area (Å²) in [6.07, 6.45) is -0.0230. The van der Waals surface area contributed by atoms with Crippen LogP contribution >= 0.6 is 0 Å². The van der Waals surface area contributed by atoms with E-state index in [0.717, 1.165) is 12.0 Å². The molecular weight excluding hydrogens is 230 g/mol. The van der Waals surface area contributed by atoms with Gasteiger partial charge in [0.25, 0.3) is 0 Å². The standard InChI is InChI=1S/C14H19NO3/c1-11-7-13(16)9-15(8-11)14(17)18-10-12-5-3-2-4-6-12/h2-6,11,13,16H,7-10H2,1H3/t11-,13+/m1/s1. The summed E-state index contributed by atoms with van der Waals surface area (Å²) >= 11 is 0. The molecule has 1 fully saturated rings. The third-order valence-corrected chi connectivity index (χ3v) is 3.10. The van der Waals surface area contributed by atoms with Crippen LogP contribution in [0.1, 0.15) is 18.9 Å². The zero-order chi connectivity index (χ0) is 13.0. The summed E-state index contributed by atoms with van der Waals surface area (Å²) in [6.45, 7) is 3.34. The Morgan fingerprint density at radius 2 is 2.11 bits per heavy atom. The van der Waals surface area contributed by atoms with Gasteiger partial charge in [0.15, 0.2) is 0 Å². The molecule has 1 aliphatic heterocycles. The number of hydrogen-bond acceptors (Lipinski definition) is 3. The van der Waals surface area contributed by atoms with Crippen LogP contribution in [0.2, 0.25) is 0 Å². The summed E-state index contributed by atoms with van der Waals surface area (Å²) in [4.78, 5) is 13.4. The maximum atomic E-state index is 11.9. The molecule has 2 rings (SSSR count). The number of hydrogen-bond donors (Lipinski definition) is 1. The van der Waals surface area contributed by atoms with Crippen molar-refractivity contribution in [2.75, 3.05) is 13.1 Å². The van der Waals surface area contributed by atoms with Crippen LogP contribution in [-0.4, -0.2) is 35.3 Å². The van der Waals surface area contributed by atoms with Crippen LogP contribution in [0.5, 0.6) is 0 Å². The number of β-amino-alcohol motifs (C(OH)–C–C–N with tert-alkyl or cyclic N) is 1. The van der Waals surface area contributed by atoms with Gasteiger partial charge in [0, 0.05) is 13.1 Å². The van der Waals surface area contributed by atoms with E-state index in [0.29, 0.717) is 19.0 Å². The lowest BCUT2D eigenvalue weighted by Gasteiger charge is -2.33. The van der Waals surface area contributed by atoms with Gasteiger partial charge in [0.05, 0.1) is 6.10 Å². The highest BCUT2D eigenvalue weighted by Crippen LogP contribution is 2.17. The number of benzene rings is 1. The molecule has 1 aromatic rings. The second kappa shape index (κ2) is 5.87. The van der Waals surface area contributed by atoms with Crippen molar-refractivity contribution in [3.63, 3.8) is 0 Å². The number of amides is 1. The molecule has 98 valence electrons. The van der Waals surface area contributed by atoms with Crippen molar-refractivity contribution in [1.82, 2.24) is 4.90 Å². The molecule has 0 aromatic heterocycles. The van der Waals surface area contributed by atoms with Crippen LogP contribution in [0.3, 0.4) is 0 Å². The summed E-state index contributed by atoms with van der Waals surface area (Å²) < 4.78 is 5.24. The van der Waals surface area contributed by atoms with Crippen LogP contribution < -0.4 is 0 Å². The summed E-state index contributed by atoms with van der Waals surface area (Å²) in [7, 11) is 0. The second-order valence-corrected chi connectivity index (χ2v) is 4.94. The molecule has 0 bridgehead atoms. The molecule has 0 aliphatic carbocycles. The predicted molar refractivity (Wildman–Crippen MR) is 68.0 cm³/mol. The van der Waals surface area contributed by atoms with Crippen LogP contribution in [0.15, 0.2) is 30.3 Å². The Kier molecular flexibility index (Phi) is 4.20. The van der Waals surface area contributed by atoms with Gasteiger partial charge in [-0.2, -0.15) is 0 Å². The van der Waals surface area contributed by atoms with Crippen molar-refractivity contribution in [3.8, 4) is 0 Å². The van der Waals surface area contributed by atoms with Crippen LogP contribution in [0.4, 0.5) is 4.79 Å². The van der Waals surface area contributed by atoms with Gasteiger partial charge in [0.2, 0.25) is 0 Å². The van der Waals surface area contributed by atoms with Gasteiger partial charge in [-0.15, -0.1) is 0 Å². The molecule has 0 saturated carbocycles. The van der Waals surface area contributed by atoms with Crippen molar-refractivity contribution < 1.29 is 14.6 Å². The first-order chi connectivity index (χ1) is 8.65. The zero-order valence-corrected chi connectivity index (χ0v) is 10.6. The first-order valence-electron chi connectivity index (χ1n) is 6.29. The maximum Gasteiger partial charge on any atom is 0.410 e. The van der Waals surface area contributed by atoms with Crippen molar-refractivity contribution in [1.29, 1.82) is 0 Å². The fourth-order valence-electron chi connectivity index (χ4n) is 2.28. The number of aliphatic hydroxyl groups excluding tert-OH is 1. The fraction of sp³-hybridized carbons (Fsp3) is 0.500. The Balaban J connectivity index is 1.84. The topological polar surface area (TPSA) is 49.8 Å². The van der Waals surface area contributed by atoms with Gasteiger partial charge in [-0.05, 0) is 17.9 Å². The van der Waals surface area contributed by atoms with Gasteiger partial charge in [-0.1, -0.05) is 37.3 Å². The van der Waals surface area contributed by atoms with Crippen LogP contribution in [-0.2, 0) is 11.3 Å². The third-order valence-electron chi connectivity index (χ3n) is 3.10. The van der Waals surface area contributed by atoms with Gasteiger partial charge in [0.1, 0.15) is 6.61 Å². The van der Waals surface area contributed by atoms with Gasteiger partial charge in [-0.3, -0.25) is 0 Å². The number of carbonyl (C=O) groups is 1. The normalized spacial score (nSPS) is 23.8. The largest absolute Gasteiger partial charge is 0.445 e. The van der Waals surface area contributed by atoms with E-state index in [1.807, 2.05) is 37.3 Å². The molecular formula is C14H19NO3. The molecule has 4 heteroatoms. The monoisotopic (exact) mass is 249 g/mol. The SMILES string of the molecule is C[C@@H]1C[C@H](O)CN(C(=O)OCc2ccccc2)C1. The molecule has 0 radical (unpaired) electrons. The average Bonchev–Trinajstić information content (AvgIpc) is 2.36. The van der Waals surface area contributed by atoms with Crippen molar-refractivity contribution in [3.05, 3.63) is 35.9 Å². The lowest BCUT2D eigenvalue weighted by molar-refractivity contribution is 0.0290. The van der Waals surface area contributed by atoms with E-state index in [1.165, 1.54) is 0 Å². The number of aliphatic hydroxyl groups is 1. The minimum absolute atomic E-state index is 0.278. The van der Waals surface area contributed by atoms with E-state index in [-0.39, 0.29) is 12.7 Å². The number of likely N-dealkylation sites (tertiary alicyclic amines) is 1. The number of piperidine rings is 1. The minimum Gasteiger partial charge on any atom is -0.445 e.